The molecule has 0 aliphatic carbocycles. The van der Waals surface area contributed by atoms with E-state index in [0.29, 0.717) is 12.2 Å². The summed E-state index contributed by atoms with van der Waals surface area (Å²) in [6.45, 7) is 0.531. The Balaban J connectivity index is 1.66. The minimum Gasteiger partial charge on any atom is -0.361 e. The largest absolute Gasteiger partial charge is 0.361 e. The van der Waals surface area contributed by atoms with E-state index in [4.69, 9.17) is 0 Å². The van der Waals surface area contributed by atoms with Crippen LogP contribution in [0.15, 0.2) is 79.1 Å². The van der Waals surface area contributed by atoms with Gasteiger partial charge in [0.05, 0.1) is 0 Å². The number of aromatic amines is 2. The smallest absolute Gasteiger partial charge is 0.267 e. The van der Waals surface area contributed by atoms with Gasteiger partial charge in [-0.15, -0.1) is 0 Å². The highest BCUT2D eigenvalue weighted by Crippen LogP contribution is 2.30. The van der Waals surface area contributed by atoms with Crippen LogP contribution in [0.25, 0.3) is 10.9 Å². The molecule has 1 unspecified atom stereocenters. The molecular weight excluding hydrogens is 310 g/mol. The van der Waals surface area contributed by atoms with E-state index in [9.17, 15) is 4.79 Å². The van der Waals surface area contributed by atoms with Crippen molar-refractivity contribution in [3.63, 3.8) is 0 Å². The van der Waals surface area contributed by atoms with E-state index >= 15 is 0 Å². The average Bonchev–Trinajstić information content (AvgIpc) is 3.33. The molecule has 0 aliphatic heterocycles. The van der Waals surface area contributed by atoms with Gasteiger partial charge in [-0.2, -0.15) is 0 Å². The van der Waals surface area contributed by atoms with E-state index in [-0.39, 0.29) is 11.8 Å². The predicted octanol–water partition coefficient (Wildman–Crippen LogP) is 4.06. The van der Waals surface area contributed by atoms with Gasteiger partial charge in [0, 0.05) is 35.8 Å². The number of aromatic nitrogens is 2. The van der Waals surface area contributed by atoms with Gasteiger partial charge in [-0.1, -0.05) is 48.5 Å². The summed E-state index contributed by atoms with van der Waals surface area (Å²) >= 11 is 0. The number of benzene rings is 2. The van der Waals surface area contributed by atoms with E-state index in [1.54, 1.807) is 12.3 Å². The fourth-order valence-corrected chi connectivity index (χ4v) is 3.24. The van der Waals surface area contributed by atoms with E-state index in [1.165, 1.54) is 16.5 Å². The van der Waals surface area contributed by atoms with Crippen molar-refractivity contribution in [1.82, 2.24) is 15.3 Å². The summed E-state index contributed by atoms with van der Waals surface area (Å²) in [5.74, 6) is -0.0120. The molecule has 0 aliphatic rings. The number of fused-ring (bicyclic) bond motifs is 1. The molecule has 0 spiro atoms. The summed E-state index contributed by atoms with van der Waals surface area (Å²) in [4.78, 5) is 18.6. The third-order valence-electron chi connectivity index (χ3n) is 4.51. The Morgan fingerprint density at radius 2 is 1.72 bits per heavy atom. The Labute approximate surface area is 145 Å². The molecule has 0 radical (unpaired) electrons. The Morgan fingerprint density at radius 3 is 2.52 bits per heavy atom. The zero-order valence-electron chi connectivity index (χ0n) is 13.7. The first-order valence-electron chi connectivity index (χ1n) is 8.35. The van der Waals surface area contributed by atoms with E-state index in [2.05, 4.69) is 39.6 Å². The number of para-hydroxylation sites is 1. The third kappa shape index (κ3) is 3.06. The van der Waals surface area contributed by atoms with Gasteiger partial charge in [-0.3, -0.25) is 4.79 Å². The summed E-state index contributed by atoms with van der Waals surface area (Å²) in [6, 6.07) is 22.1. The molecule has 2 heterocycles. The lowest BCUT2D eigenvalue weighted by atomic mass is 9.91. The molecule has 0 fully saturated rings. The maximum atomic E-state index is 12.3. The summed E-state index contributed by atoms with van der Waals surface area (Å²) < 4.78 is 0. The number of carbonyl (C=O) groups is 1. The predicted molar refractivity (Wildman–Crippen MR) is 99.7 cm³/mol. The van der Waals surface area contributed by atoms with Crippen molar-refractivity contribution >= 4 is 16.8 Å². The molecule has 0 bridgehead atoms. The molecule has 2 aromatic carbocycles. The number of nitrogens with one attached hydrogen (secondary N) is 3. The van der Waals surface area contributed by atoms with Gasteiger partial charge in [-0.05, 0) is 29.3 Å². The van der Waals surface area contributed by atoms with Crippen LogP contribution in [0, 0.1) is 0 Å². The van der Waals surface area contributed by atoms with Crippen LogP contribution in [0.2, 0.25) is 0 Å². The average molecular weight is 329 g/mol. The Morgan fingerprint density at radius 1 is 0.920 bits per heavy atom. The lowest BCUT2D eigenvalue weighted by molar-refractivity contribution is 0.0948. The minimum absolute atomic E-state index is 0.0799. The quantitative estimate of drug-likeness (QED) is 0.508. The Bertz CT molecular complexity index is 971. The van der Waals surface area contributed by atoms with Crippen molar-refractivity contribution in [3.05, 3.63) is 95.9 Å². The molecule has 1 amide bonds. The Hall–Kier alpha value is -3.27. The molecular formula is C21H19N3O. The number of H-pyrrole nitrogens is 2. The van der Waals surface area contributed by atoms with Crippen LogP contribution >= 0.6 is 0 Å². The molecule has 25 heavy (non-hydrogen) atoms. The molecule has 0 saturated heterocycles. The number of hydrogen-bond donors (Lipinski definition) is 3. The number of rotatable bonds is 5. The summed E-state index contributed by atoms with van der Waals surface area (Å²) in [7, 11) is 0. The third-order valence-corrected chi connectivity index (χ3v) is 4.51. The van der Waals surface area contributed by atoms with Crippen LogP contribution < -0.4 is 5.32 Å². The van der Waals surface area contributed by atoms with Gasteiger partial charge < -0.3 is 15.3 Å². The number of carbonyl (C=O) groups excluding carboxylic acids is 1. The van der Waals surface area contributed by atoms with Crippen molar-refractivity contribution in [3.8, 4) is 0 Å². The molecule has 124 valence electrons. The maximum absolute atomic E-state index is 12.3. The van der Waals surface area contributed by atoms with Crippen molar-refractivity contribution in [1.29, 1.82) is 0 Å². The normalized spacial score (nSPS) is 12.2. The molecule has 4 heteroatoms. The summed E-state index contributed by atoms with van der Waals surface area (Å²) in [5, 5.41) is 4.24. The van der Waals surface area contributed by atoms with Crippen molar-refractivity contribution < 1.29 is 4.79 Å². The van der Waals surface area contributed by atoms with Crippen LogP contribution in [0.5, 0.6) is 0 Å². The van der Waals surface area contributed by atoms with Gasteiger partial charge in [0.25, 0.3) is 5.91 Å². The fraction of sp³-hybridized carbons (Fsp3) is 0.0952. The molecule has 1 atom stereocenters. The first-order valence-corrected chi connectivity index (χ1v) is 8.35. The first-order chi connectivity index (χ1) is 12.3. The van der Waals surface area contributed by atoms with Gasteiger partial charge in [0.2, 0.25) is 0 Å². The second kappa shape index (κ2) is 6.69. The van der Waals surface area contributed by atoms with Crippen molar-refractivity contribution in [2.75, 3.05) is 6.54 Å². The molecule has 4 rings (SSSR count). The lowest BCUT2D eigenvalue weighted by Crippen LogP contribution is -2.29. The number of amides is 1. The monoisotopic (exact) mass is 329 g/mol. The van der Waals surface area contributed by atoms with Gasteiger partial charge in [0.15, 0.2) is 0 Å². The summed E-state index contributed by atoms with van der Waals surface area (Å²) in [5.41, 5.74) is 4.05. The first kappa shape index (κ1) is 15.3. The minimum atomic E-state index is -0.0919. The van der Waals surface area contributed by atoms with E-state index in [0.717, 1.165) is 5.52 Å². The van der Waals surface area contributed by atoms with Gasteiger partial charge >= 0.3 is 0 Å². The Kier molecular flexibility index (Phi) is 4.09. The zero-order valence-corrected chi connectivity index (χ0v) is 13.7. The van der Waals surface area contributed by atoms with Crippen LogP contribution in [0.4, 0.5) is 0 Å². The molecule has 3 N–H and O–H groups in total. The van der Waals surface area contributed by atoms with Gasteiger partial charge in [-0.25, -0.2) is 0 Å². The second-order valence-corrected chi connectivity index (χ2v) is 6.05. The van der Waals surface area contributed by atoms with Crippen LogP contribution in [0.3, 0.4) is 0 Å². The maximum Gasteiger partial charge on any atom is 0.267 e. The van der Waals surface area contributed by atoms with E-state index < -0.39 is 0 Å². The fourth-order valence-electron chi connectivity index (χ4n) is 3.24. The molecule has 4 nitrogen and oxygen atoms in total. The van der Waals surface area contributed by atoms with Gasteiger partial charge in [0.1, 0.15) is 5.69 Å². The number of hydrogen-bond acceptors (Lipinski definition) is 1. The highest BCUT2D eigenvalue weighted by molar-refractivity contribution is 5.92. The highest BCUT2D eigenvalue weighted by Gasteiger charge is 2.19. The van der Waals surface area contributed by atoms with Crippen LogP contribution in [0.1, 0.15) is 27.5 Å². The van der Waals surface area contributed by atoms with Crippen molar-refractivity contribution in [2.45, 2.75) is 5.92 Å². The lowest BCUT2D eigenvalue weighted by Gasteiger charge is -2.18. The SMILES string of the molecule is O=C(NCC(c1ccccc1)c1c[nH]c2ccccc12)c1ccc[nH]1. The van der Waals surface area contributed by atoms with Crippen LogP contribution in [-0.4, -0.2) is 22.4 Å². The standard InChI is InChI=1S/C21H19N3O/c25-21(20-11-6-12-22-20)24-13-17(15-7-2-1-3-8-15)18-14-23-19-10-5-4-9-16(18)19/h1-12,14,17,22-23H,13H2,(H,24,25). The molecule has 4 aromatic rings. The second-order valence-electron chi connectivity index (χ2n) is 6.05. The molecule has 0 saturated carbocycles. The molecule has 2 aromatic heterocycles. The topological polar surface area (TPSA) is 60.7 Å². The van der Waals surface area contributed by atoms with E-state index in [1.807, 2.05) is 42.6 Å². The zero-order chi connectivity index (χ0) is 17.1. The van der Waals surface area contributed by atoms with Crippen LogP contribution in [-0.2, 0) is 0 Å². The highest BCUT2D eigenvalue weighted by atomic mass is 16.1. The van der Waals surface area contributed by atoms with Crippen molar-refractivity contribution in [2.24, 2.45) is 0 Å². The summed E-state index contributed by atoms with van der Waals surface area (Å²) in [6.07, 6.45) is 3.80.